The van der Waals surface area contributed by atoms with Crippen LogP contribution in [-0.4, -0.2) is 36.2 Å². The van der Waals surface area contributed by atoms with E-state index in [-0.39, 0.29) is 11.9 Å². The molecule has 1 saturated heterocycles. The summed E-state index contributed by atoms with van der Waals surface area (Å²) in [6.45, 7) is 2.39. The molecule has 0 aromatic heterocycles. The minimum absolute atomic E-state index is 0.0161. The third kappa shape index (κ3) is 3.88. The maximum Gasteiger partial charge on any atom is 0.308 e. The summed E-state index contributed by atoms with van der Waals surface area (Å²) in [5.74, 6) is 2.74. The van der Waals surface area contributed by atoms with Gasteiger partial charge in [0.05, 0.1) is 12.5 Å². The molecule has 1 N–H and O–H groups in total. The first-order chi connectivity index (χ1) is 8.29. The zero-order valence-corrected chi connectivity index (χ0v) is 11.4. The number of ether oxygens (including phenoxy) is 1. The summed E-state index contributed by atoms with van der Waals surface area (Å²) in [7, 11) is 0. The van der Waals surface area contributed by atoms with Crippen LogP contribution in [0.4, 0.5) is 0 Å². The molecule has 1 aliphatic heterocycles. The van der Waals surface area contributed by atoms with E-state index in [0.29, 0.717) is 18.7 Å². The van der Waals surface area contributed by atoms with Crippen LogP contribution < -0.4 is 5.32 Å². The van der Waals surface area contributed by atoms with Crippen molar-refractivity contribution in [3.8, 4) is 0 Å². The Hall–Kier alpha value is -0.220. The van der Waals surface area contributed by atoms with Crippen LogP contribution in [0, 0.1) is 5.92 Å². The smallest absolute Gasteiger partial charge is 0.308 e. The fraction of sp³-hybridized carbons (Fsp3) is 0.923. The van der Waals surface area contributed by atoms with E-state index in [4.69, 9.17) is 4.74 Å². The average molecular weight is 257 g/mol. The normalized spacial score (nSPS) is 33.6. The van der Waals surface area contributed by atoms with E-state index in [9.17, 15) is 4.79 Å². The van der Waals surface area contributed by atoms with E-state index in [1.807, 2.05) is 18.7 Å². The van der Waals surface area contributed by atoms with Crippen molar-refractivity contribution in [3.63, 3.8) is 0 Å². The van der Waals surface area contributed by atoms with Gasteiger partial charge in [0, 0.05) is 17.8 Å². The molecule has 1 heterocycles. The van der Waals surface area contributed by atoms with E-state index in [1.165, 1.54) is 17.9 Å². The average Bonchev–Trinajstić information content (AvgIpc) is 2.83. The lowest BCUT2D eigenvalue weighted by molar-refractivity contribution is -0.149. The molecule has 3 nitrogen and oxygen atoms in total. The zero-order valence-electron chi connectivity index (χ0n) is 10.6. The highest BCUT2D eigenvalue weighted by molar-refractivity contribution is 7.99. The van der Waals surface area contributed by atoms with Crippen LogP contribution in [0.2, 0.25) is 0 Å². The lowest BCUT2D eigenvalue weighted by Crippen LogP contribution is -2.41. The number of thioether (sulfide) groups is 1. The van der Waals surface area contributed by atoms with Crippen molar-refractivity contribution in [1.82, 2.24) is 5.32 Å². The Morgan fingerprint density at radius 2 is 2.00 bits per heavy atom. The van der Waals surface area contributed by atoms with Gasteiger partial charge in [0.2, 0.25) is 0 Å². The molecular weight excluding hydrogens is 234 g/mol. The minimum Gasteiger partial charge on any atom is -0.466 e. The molecule has 98 valence electrons. The second-order valence-electron chi connectivity index (χ2n) is 5.03. The molecule has 1 atom stereocenters. The minimum atomic E-state index is 0.0161. The van der Waals surface area contributed by atoms with Gasteiger partial charge in [-0.1, -0.05) is 0 Å². The van der Waals surface area contributed by atoms with Crippen molar-refractivity contribution in [2.75, 3.05) is 18.1 Å². The molecule has 2 aliphatic rings. The first kappa shape index (κ1) is 13.2. The van der Waals surface area contributed by atoms with Crippen molar-refractivity contribution < 1.29 is 9.53 Å². The number of hydrogen-bond donors (Lipinski definition) is 1. The van der Waals surface area contributed by atoms with E-state index >= 15 is 0 Å². The van der Waals surface area contributed by atoms with Gasteiger partial charge in [-0.15, -0.1) is 0 Å². The van der Waals surface area contributed by atoms with E-state index in [2.05, 4.69) is 5.32 Å². The molecule has 0 radical (unpaired) electrons. The molecule has 1 unspecified atom stereocenters. The molecule has 2 fully saturated rings. The standard InChI is InChI=1S/C13H23NO2S/c1-2-16-13(15)10-3-5-11(6-4-10)14-12-7-8-17-9-12/h10-12,14H,2-9H2,1H3. The lowest BCUT2D eigenvalue weighted by Gasteiger charge is -2.29. The molecule has 0 spiro atoms. The summed E-state index contributed by atoms with van der Waals surface area (Å²) in [4.78, 5) is 11.6. The fourth-order valence-corrected chi connectivity index (χ4v) is 3.92. The molecule has 1 saturated carbocycles. The van der Waals surface area contributed by atoms with Gasteiger partial charge in [-0.2, -0.15) is 11.8 Å². The zero-order chi connectivity index (χ0) is 12.1. The number of esters is 1. The van der Waals surface area contributed by atoms with Gasteiger partial charge in [0.1, 0.15) is 0 Å². The molecule has 1 aliphatic carbocycles. The van der Waals surface area contributed by atoms with Crippen LogP contribution in [0.25, 0.3) is 0 Å². The van der Waals surface area contributed by atoms with Crippen molar-refractivity contribution >= 4 is 17.7 Å². The second kappa shape index (κ2) is 6.64. The highest BCUT2D eigenvalue weighted by Crippen LogP contribution is 2.27. The molecule has 0 aromatic rings. The van der Waals surface area contributed by atoms with Gasteiger partial charge in [-0.05, 0) is 44.8 Å². The summed E-state index contributed by atoms with van der Waals surface area (Å²) in [6.07, 6.45) is 5.56. The van der Waals surface area contributed by atoms with Gasteiger partial charge < -0.3 is 10.1 Å². The Bertz CT molecular complexity index is 246. The Morgan fingerprint density at radius 3 is 2.59 bits per heavy atom. The Morgan fingerprint density at radius 1 is 1.24 bits per heavy atom. The van der Waals surface area contributed by atoms with Crippen LogP contribution in [0.5, 0.6) is 0 Å². The monoisotopic (exact) mass is 257 g/mol. The fourth-order valence-electron chi connectivity index (χ4n) is 2.76. The highest BCUT2D eigenvalue weighted by Gasteiger charge is 2.28. The highest BCUT2D eigenvalue weighted by atomic mass is 32.2. The predicted molar refractivity (Wildman–Crippen MR) is 71.2 cm³/mol. The third-order valence-corrected chi connectivity index (χ3v) is 4.91. The van der Waals surface area contributed by atoms with Gasteiger partial charge in [-0.25, -0.2) is 0 Å². The van der Waals surface area contributed by atoms with E-state index < -0.39 is 0 Å². The van der Waals surface area contributed by atoms with Crippen molar-refractivity contribution in [2.45, 2.75) is 51.1 Å². The number of carbonyl (C=O) groups is 1. The largest absolute Gasteiger partial charge is 0.466 e. The Labute approximate surface area is 108 Å². The van der Waals surface area contributed by atoms with Crippen molar-refractivity contribution in [3.05, 3.63) is 0 Å². The van der Waals surface area contributed by atoms with E-state index in [1.54, 1.807) is 0 Å². The number of hydrogen-bond acceptors (Lipinski definition) is 4. The van der Waals surface area contributed by atoms with Crippen LogP contribution in [0.15, 0.2) is 0 Å². The van der Waals surface area contributed by atoms with E-state index in [0.717, 1.165) is 25.7 Å². The van der Waals surface area contributed by atoms with Crippen LogP contribution in [-0.2, 0) is 9.53 Å². The first-order valence-electron chi connectivity index (χ1n) is 6.80. The van der Waals surface area contributed by atoms with Gasteiger partial charge in [-0.3, -0.25) is 4.79 Å². The van der Waals surface area contributed by atoms with Gasteiger partial charge >= 0.3 is 5.97 Å². The van der Waals surface area contributed by atoms with Crippen LogP contribution in [0.3, 0.4) is 0 Å². The molecule has 0 aromatic carbocycles. The maximum atomic E-state index is 11.6. The summed E-state index contributed by atoms with van der Waals surface area (Å²) in [5, 5.41) is 3.74. The number of rotatable bonds is 4. The lowest BCUT2D eigenvalue weighted by atomic mass is 9.86. The first-order valence-corrected chi connectivity index (χ1v) is 7.95. The number of nitrogens with one attached hydrogen (secondary N) is 1. The maximum absolute atomic E-state index is 11.6. The summed E-state index contributed by atoms with van der Waals surface area (Å²) in [6, 6.07) is 1.34. The molecule has 0 bridgehead atoms. The molecule has 4 heteroatoms. The summed E-state index contributed by atoms with van der Waals surface area (Å²) in [5.41, 5.74) is 0. The Kier molecular flexibility index (Phi) is 5.16. The molecule has 17 heavy (non-hydrogen) atoms. The van der Waals surface area contributed by atoms with Crippen LogP contribution >= 0.6 is 11.8 Å². The third-order valence-electron chi connectivity index (χ3n) is 3.75. The quantitative estimate of drug-likeness (QED) is 0.784. The Balaban J connectivity index is 1.68. The topological polar surface area (TPSA) is 38.3 Å². The van der Waals surface area contributed by atoms with Gasteiger partial charge in [0.15, 0.2) is 0 Å². The van der Waals surface area contributed by atoms with Gasteiger partial charge in [0.25, 0.3) is 0 Å². The molecule has 0 amide bonds. The predicted octanol–water partition coefficient (Wildman–Crippen LogP) is 2.20. The molecule has 2 rings (SSSR count). The van der Waals surface area contributed by atoms with Crippen LogP contribution in [0.1, 0.15) is 39.0 Å². The SMILES string of the molecule is CCOC(=O)C1CCC(NC2CCSC2)CC1. The summed E-state index contributed by atoms with van der Waals surface area (Å²) < 4.78 is 5.09. The summed E-state index contributed by atoms with van der Waals surface area (Å²) >= 11 is 2.05. The number of carbonyl (C=O) groups excluding carboxylic acids is 1. The molecular formula is C13H23NO2S. The van der Waals surface area contributed by atoms with Crippen molar-refractivity contribution in [1.29, 1.82) is 0 Å². The second-order valence-corrected chi connectivity index (χ2v) is 6.18. The van der Waals surface area contributed by atoms with Crippen molar-refractivity contribution in [2.24, 2.45) is 5.92 Å².